The van der Waals surface area contributed by atoms with E-state index in [1.165, 1.54) is 19.7 Å². The van der Waals surface area contributed by atoms with Gasteiger partial charge < -0.3 is 39.4 Å². The fraction of sp³-hybridized carbons (Fsp3) is 0.500. The number of ether oxygens (including phenoxy) is 2. The van der Waals surface area contributed by atoms with Crippen LogP contribution in [0.25, 0.3) is 11.2 Å². The van der Waals surface area contributed by atoms with E-state index in [4.69, 9.17) is 40.6 Å². The van der Waals surface area contributed by atoms with E-state index >= 15 is 0 Å². The van der Waals surface area contributed by atoms with Crippen LogP contribution in [0.2, 0.25) is 0 Å². The van der Waals surface area contributed by atoms with Gasteiger partial charge in [-0.25, -0.2) is 19.5 Å². The maximum atomic E-state index is 11.9. The van der Waals surface area contributed by atoms with E-state index < -0.39 is 32.0 Å². The molecule has 2 saturated heterocycles. The number of anilines is 1. The van der Waals surface area contributed by atoms with E-state index in [1.807, 2.05) is 0 Å². The normalized spacial score (nSPS) is 27.1. The van der Waals surface area contributed by atoms with Crippen molar-refractivity contribution in [1.29, 1.82) is 0 Å². The summed E-state index contributed by atoms with van der Waals surface area (Å²) < 4.78 is 41.8. The number of nitrogens with one attached hydrogen (secondary N) is 1. The molecule has 5 heterocycles. The molecule has 3 aromatic heterocycles. The second-order valence-corrected chi connectivity index (χ2v) is 15.1. The lowest BCUT2D eigenvalue weighted by Crippen LogP contribution is -2.28. The molecule has 228 valence electrons. The number of nitrogens with zero attached hydrogens (tertiary/aromatic N) is 5. The van der Waals surface area contributed by atoms with Gasteiger partial charge in [0.2, 0.25) is 0 Å². The van der Waals surface area contributed by atoms with Gasteiger partial charge in [-0.1, -0.05) is 12.2 Å². The number of fused-ring (bicyclic) bond motifs is 1. The number of aromatic nitrogens is 5. The van der Waals surface area contributed by atoms with Gasteiger partial charge in [0.15, 0.2) is 11.5 Å². The van der Waals surface area contributed by atoms with Crippen molar-refractivity contribution in [2.24, 2.45) is 0 Å². The Kier molecular flexibility index (Phi) is 9.61. The van der Waals surface area contributed by atoms with Crippen LogP contribution in [0.5, 0.6) is 0 Å². The third kappa shape index (κ3) is 7.52. The molecule has 0 spiro atoms. The largest absolute Gasteiger partial charge is 0.383 e. The predicted octanol–water partition coefficient (Wildman–Crippen LogP) is 2.04. The zero-order valence-electron chi connectivity index (χ0n) is 22.1. The number of carbonyl (C=O) groups excluding carboxylic acids is 1. The molecule has 42 heavy (non-hydrogen) atoms. The van der Waals surface area contributed by atoms with Gasteiger partial charge in [0.05, 0.1) is 37.9 Å². The van der Waals surface area contributed by atoms with Crippen molar-refractivity contribution in [1.82, 2.24) is 29.8 Å². The van der Waals surface area contributed by atoms with E-state index in [0.717, 1.165) is 5.56 Å². The Balaban J connectivity index is 1.22. The zero-order valence-corrected chi connectivity index (χ0v) is 25.6. The van der Waals surface area contributed by atoms with Gasteiger partial charge in [0.25, 0.3) is 5.91 Å². The van der Waals surface area contributed by atoms with Gasteiger partial charge in [-0.2, -0.15) is 0 Å². The van der Waals surface area contributed by atoms with Crippen molar-refractivity contribution < 1.29 is 42.2 Å². The summed E-state index contributed by atoms with van der Waals surface area (Å²) in [6.07, 6.45) is 2.53. The zero-order chi connectivity index (χ0) is 30.1. The van der Waals surface area contributed by atoms with Gasteiger partial charge in [-0.15, -0.1) is 0 Å². The quantitative estimate of drug-likeness (QED) is 0.147. The monoisotopic (exact) mass is 661 g/mol. The first-order chi connectivity index (χ1) is 19.9. The van der Waals surface area contributed by atoms with Crippen molar-refractivity contribution in [3.8, 4) is 0 Å². The lowest BCUT2D eigenvalue weighted by molar-refractivity contribution is -0.0387. The Hall–Kier alpha value is -2.08. The third-order valence-electron chi connectivity index (χ3n) is 6.70. The van der Waals surface area contributed by atoms with Crippen LogP contribution in [-0.4, -0.2) is 78.8 Å². The molecule has 2 aliphatic heterocycles. The molecule has 3 aromatic rings. The van der Waals surface area contributed by atoms with E-state index in [-0.39, 0.29) is 49.3 Å². The molecule has 7 atom stereocenters. The number of rotatable bonds is 11. The third-order valence-corrected chi connectivity index (χ3v) is 9.12. The second-order valence-electron chi connectivity index (χ2n) is 9.52. The van der Waals surface area contributed by atoms with Crippen molar-refractivity contribution >= 4 is 60.5 Å². The van der Waals surface area contributed by atoms with Crippen molar-refractivity contribution in [2.75, 3.05) is 26.0 Å². The highest BCUT2D eigenvalue weighted by atomic mass is 32.7. The molecule has 1 amide bonds. The van der Waals surface area contributed by atoms with Crippen LogP contribution in [0.3, 0.4) is 0 Å². The molecule has 2 fully saturated rings. The minimum Gasteiger partial charge on any atom is -0.382 e. The predicted molar refractivity (Wildman–Crippen MR) is 155 cm³/mol. The molecule has 0 aromatic carbocycles. The molecular formula is C22H29N7O9P2S2. The molecule has 0 bridgehead atoms. The van der Waals surface area contributed by atoms with Gasteiger partial charge in [0, 0.05) is 19.7 Å². The number of imidazole rings is 1. The van der Waals surface area contributed by atoms with E-state index in [2.05, 4.69) is 37.5 Å². The molecule has 0 radical (unpaired) electrons. The van der Waals surface area contributed by atoms with Crippen LogP contribution in [0, 0.1) is 0 Å². The Morgan fingerprint density at radius 1 is 1.24 bits per heavy atom. The summed E-state index contributed by atoms with van der Waals surface area (Å²) >= 11 is 8.83. The van der Waals surface area contributed by atoms with Gasteiger partial charge in [-0.05, 0) is 42.3 Å². The summed E-state index contributed by atoms with van der Waals surface area (Å²) in [6, 6.07) is 3.45. The molecule has 2 unspecified atom stereocenters. The van der Waals surface area contributed by atoms with Gasteiger partial charge in [0.1, 0.15) is 29.9 Å². The van der Waals surface area contributed by atoms with Crippen LogP contribution in [-0.2, 0) is 39.4 Å². The lowest BCUT2D eigenvalue weighted by atomic mass is 10.1. The fourth-order valence-electron chi connectivity index (χ4n) is 4.74. The van der Waals surface area contributed by atoms with Crippen LogP contribution >= 0.6 is 25.8 Å². The Morgan fingerprint density at radius 2 is 2.05 bits per heavy atom. The highest BCUT2D eigenvalue weighted by molar-refractivity contribution is 8.44. The number of hydrogen-bond acceptors (Lipinski definition) is 13. The number of hydrogen-bond donors (Lipinski definition) is 5. The topological polar surface area (TPSA) is 215 Å². The second kappa shape index (κ2) is 12.9. The van der Waals surface area contributed by atoms with E-state index in [0.29, 0.717) is 24.0 Å². The highest BCUT2D eigenvalue weighted by Crippen LogP contribution is 2.51. The molecular weight excluding hydrogens is 632 g/mol. The smallest absolute Gasteiger partial charge is 0.382 e. The average Bonchev–Trinajstić information content (AvgIpc) is 3.69. The van der Waals surface area contributed by atoms with Crippen LogP contribution in [0.15, 0.2) is 31.0 Å². The SMILES string of the molecule is CNC(=O)c1cc([C@H]2CC[C@@H](COP(O)(=S)O[C@H]3C[C@H](n4cnc5c(N)ncnc54)O[C@@H]3COP(=O)(O)S)O2)ccn1. The van der Waals surface area contributed by atoms with Crippen molar-refractivity contribution in [2.45, 2.75) is 49.9 Å². The summed E-state index contributed by atoms with van der Waals surface area (Å²) in [5.74, 6) is -0.114. The first kappa shape index (κ1) is 31.3. The van der Waals surface area contributed by atoms with Crippen LogP contribution in [0.1, 0.15) is 47.6 Å². The fourth-order valence-corrected chi connectivity index (χ4v) is 6.77. The summed E-state index contributed by atoms with van der Waals surface area (Å²) in [5, 5.41) is 2.54. The number of carbonyl (C=O) groups is 1. The van der Waals surface area contributed by atoms with Crippen molar-refractivity contribution in [3.05, 3.63) is 42.2 Å². The summed E-state index contributed by atoms with van der Waals surface area (Å²) in [6.45, 7) is -8.40. The van der Waals surface area contributed by atoms with Crippen molar-refractivity contribution in [3.63, 3.8) is 0 Å². The summed E-state index contributed by atoms with van der Waals surface area (Å²) in [4.78, 5) is 48.8. The van der Waals surface area contributed by atoms with Crippen LogP contribution < -0.4 is 11.1 Å². The maximum Gasteiger partial charge on any atom is 0.383 e. The Labute approximate surface area is 250 Å². The molecule has 16 nitrogen and oxygen atoms in total. The standard InChI is InChI=1S/C22H29N7O9P2S2/c1-24-22(30)14-6-12(4-5-25-14)15-3-2-13(36-15)8-35-40(33,42)38-16-7-18(37-17(16)9-34-39(31,32)41)29-11-28-19-20(23)26-10-27-21(19)29/h4-6,10-11,13,15-18H,2-3,7-9H2,1H3,(H,24,30)(H,33,42)(H2,23,26,27)(H2,31,32,41)/t13-,15+,16-,17+,18+,40?/m0/s1. The summed E-state index contributed by atoms with van der Waals surface area (Å²) in [5.41, 5.74) is 7.74. The minimum absolute atomic E-state index is 0.0410. The number of amides is 1. The Morgan fingerprint density at radius 3 is 2.81 bits per heavy atom. The van der Waals surface area contributed by atoms with Gasteiger partial charge >= 0.3 is 13.5 Å². The van der Waals surface area contributed by atoms with E-state index in [1.54, 1.807) is 22.9 Å². The Bertz CT molecular complexity index is 1540. The maximum absolute atomic E-state index is 11.9. The average molecular weight is 662 g/mol. The molecule has 2 aliphatic rings. The molecule has 5 N–H and O–H groups in total. The van der Waals surface area contributed by atoms with E-state index in [9.17, 15) is 19.1 Å². The molecule has 0 saturated carbocycles. The van der Waals surface area contributed by atoms with Crippen LogP contribution in [0.4, 0.5) is 5.82 Å². The number of pyridine rings is 1. The number of nitrogens with two attached hydrogens (primary N) is 1. The lowest BCUT2D eigenvalue weighted by Gasteiger charge is -2.24. The highest BCUT2D eigenvalue weighted by Gasteiger charge is 2.42. The minimum atomic E-state index is -4.14. The molecule has 20 heteroatoms. The summed E-state index contributed by atoms with van der Waals surface area (Å²) in [7, 11) is 1.53. The van der Waals surface area contributed by atoms with Gasteiger partial charge in [-0.3, -0.25) is 18.9 Å². The molecule has 0 aliphatic carbocycles. The first-order valence-corrected chi connectivity index (χ1v) is 18.0. The molecule has 5 rings (SSSR count). The number of nitrogen functional groups attached to an aromatic ring is 1. The first-order valence-electron chi connectivity index (χ1n) is 12.7. The number of thiol groups is 1.